The van der Waals surface area contributed by atoms with Crippen molar-refractivity contribution in [1.29, 1.82) is 0 Å². The van der Waals surface area contributed by atoms with Crippen LogP contribution in [0.4, 0.5) is 0 Å². The molecule has 92 valence electrons. The zero-order valence-electron chi connectivity index (χ0n) is 8.53. The van der Waals surface area contributed by atoms with Crippen LogP contribution in [-0.4, -0.2) is 36.0 Å². The monoisotopic (exact) mass is 260 g/mol. The number of carboxylic acids is 1. The molecule has 0 fully saturated rings. The molecule has 0 aliphatic heterocycles. The number of amides is 2. The number of nitrogens with one attached hydrogen (secondary N) is 2. The molecule has 1 rings (SSSR count). The van der Waals surface area contributed by atoms with Gasteiger partial charge in [-0.05, 0) is 23.7 Å². The van der Waals surface area contributed by atoms with E-state index in [1.54, 1.807) is 0 Å². The first-order chi connectivity index (χ1) is 7.99. The molecule has 0 aliphatic carbocycles. The molecule has 0 unspecified atom stereocenters. The Kier molecular flexibility index (Phi) is 4.53. The van der Waals surface area contributed by atoms with E-state index >= 15 is 0 Å². The van der Waals surface area contributed by atoms with Crippen molar-refractivity contribution in [3.63, 3.8) is 0 Å². The number of hydrogen-bond donors (Lipinski definition) is 3. The van der Waals surface area contributed by atoms with Crippen LogP contribution in [0, 0.1) is 0 Å². The van der Waals surface area contributed by atoms with Crippen LogP contribution in [0.5, 0.6) is 0 Å². The maximum atomic E-state index is 11.3. The van der Waals surface area contributed by atoms with E-state index < -0.39 is 24.3 Å². The second-order valence-corrected chi connectivity index (χ2v) is 3.33. The second-order valence-electron chi connectivity index (χ2n) is 2.96. The van der Waals surface area contributed by atoms with Crippen molar-refractivity contribution in [1.82, 2.24) is 10.6 Å². The van der Waals surface area contributed by atoms with E-state index in [9.17, 15) is 14.4 Å². The summed E-state index contributed by atoms with van der Waals surface area (Å²) >= 11 is 5.46. The van der Waals surface area contributed by atoms with Crippen LogP contribution in [0.1, 0.15) is 10.6 Å². The summed E-state index contributed by atoms with van der Waals surface area (Å²) in [5, 5.41) is 12.7. The summed E-state index contributed by atoms with van der Waals surface area (Å²) in [5.74, 6) is -2.41. The number of carboxylic acid groups (broad SMARTS) is 1. The van der Waals surface area contributed by atoms with Crippen LogP contribution in [0.3, 0.4) is 0 Å². The van der Waals surface area contributed by atoms with Gasteiger partial charge in [-0.1, -0.05) is 0 Å². The van der Waals surface area contributed by atoms with Crippen LogP contribution in [0.2, 0.25) is 5.22 Å². The van der Waals surface area contributed by atoms with Gasteiger partial charge >= 0.3 is 5.97 Å². The Morgan fingerprint density at radius 2 is 1.94 bits per heavy atom. The van der Waals surface area contributed by atoms with Gasteiger partial charge in [-0.25, -0.2) is 0 Å². The van der Waals surface area contributed by atoms with Gasteiger partial charge < -0.3 is 20.2 Å². The van der Waals surface area contributed by atoms with Crippen LogP contribution >= 0.6 is 11.6 Å². The Hall–Kier alpha value is -2.02. The molecule has 0 radical (unpaired) electrons. The highest BCUT2D eigenvalue weighted by atomic mass is 35.5. The third-order valence-corrected chi connectivity index (χ3v) is 1.85. The van der Waals surface area contributed by atoms with Crippen LogP contribution < -0.4 is 10.6 Å². The molecule has 17 heavy (non-hydrogen) atoms. The first-order valence-electron chi connectivity index (χ1n) is 4.51. The Morgan fingerprint density at radius 3 is 2.47 bits per heavy atom. The fourth-order valence-corrected chi connectivity index (χ4v) is 1.07. The summed E-state index contributed by atoms with van der Waals surface area (Å²) in [6.45, 7) is -0.842. The number of carbonyl (C=O) groups is 3. The van der Waals surface area contributed by atoms with Crippen molar-refractivity contribution in [2.24, 2.45) is 0 Å². The van der Waals surface area contributed by atoms with Crippen molar-refractivity contribution in [3.8, 4) is 0 Å². The van der Waals surface area contributed by atoms with E-state index in [0.29, 0.717) is 0 Å². The van der Waals surface area contributed by atoms with Crippen molar-refractivity contribution in [2.75, 3.05) is 13.1 Å². The van der Waals surface area contributed by atoms with Gasteiger partial charge in [-0.15, -0.1) is 0 Å². The second kappa shape index (κ2) is 5.90. The molecule has 0 bridgehead atoms. The number of aliphatic carboxylic acids is 1. The zero-order chi connectivity index (χ0) is 12.8. The van der Waals surface area contributed by atoms with Crippen LogP contribution in [0.25, 0.3) is 0 Å². The van der Waals surface area contributed by atoms with Gasteiger partial charge in [0, 0.05) is 0 Å². The summed E-state index contributed by atoms with van der Waals surface area (Å²) in [5.41, 5.74) is 0. The molecule has 0 spiro atoms. The van der Waals surface area contributed by atoms with E-state index in [1.165, 1.54) is 12.1 Å². The summed E-state index contributed by atoms with van der Waals surface area (Å²) in [4.78, 5) is 32.5. The molecular weight excluding hydrogens is 252 g/mol. The van der Waals surface area contributed by atoms with E-state index in [-0.39, 0.29) is 17.5 Å². The van der Waals surface area contributed by atoms with Gasteiger partial charge in [0.05, 0.1) is 6.54 Å². The Morgan fingerprint density at radius 1 is 1.24 bits per heavy atom. The molecule has 0 saturated carbocycles. The lowest BCUT2D eigenvalue weighted by Gasteiger charge is -2.03. The summed E-state index contributed by atoms with van der Waals surface area (Å²) in [7, 11) is 0. The van der Waals surface area contributed by atoms with E-state index in [2.05, 4.69) is 10.6 Å². The predicted octanol–water partition coefficient (Wildman–Crippen LogP) is -0.136. The highest BCUT2D eigenvalue weighted by molar-refractivity contribution is 6.29. The van der Waals surface area contributed by atoms with Gasteiger partial charge in [0.1, 0.15) is 6.54 Å². The number of rotatable bonds is 5. The van der Waals surface area contributed by atoms with Gasteiger partial charge in [-0.2, -0.15) is 0 Å². The quantitative estimate of drug-likeness (QED) is 0.683. The minimum absolute atomic E-state index is 0.0268. The maximum Gasteiger partial charge on any atom is 0.322 e. The third-order valence-electron chi connectivity index (χ3n) is 1.64. The highest BCUT2D eigenvalue weighted by Gasteiger charge is 2.12. The fraction of sp³-hybridized carbons (Fsp3) is 0.222. The third kappa shape index (κ3) is 4.56. The molecule has 0 aliphatic rings. The van der Waals surface area contributed by atoms with Crippen molar-refractivity contribution in [2.45, 2.75) is 0 Å². The van der Waals surface area contributed by atoms with Crippen molar-refractivity contribution < 1.29 is 23.9 Å². The lowest BCUT2D eigenvalue weighted by molar-refractivity contribution is -0.137. The molecule has 3 N–H and O–H groups in total. The van der Waals surface area contributed by atoms with Gasteiger partial charge in [0.2, 0.25) is 5.91 Å². The van der Waals surface area contributed by atoms with E-state index in [1.807, 2.05) is 0 Å². The number of hydrogen-bond acceptors (Lipinski definition) is 4. The molecule has 1 aromatic heterocycles. The molecule has 0 saturated heterocycles. The first kappa shape index (κ1) is 13.0. The molecule has 7 nitrogen and oxygen atoms in total. The molecule has 2 amide bonds. The summed E-state index contributed by atoms with van der Waals surface area (Å²) in [6, 6.07) is 2.74. The first-order valence-corrected chi connectivity index (χ1v) is 4.89. The van der Waals surface area contributed by atoms with E-state index in [0.717, 1.165) is 0 Å². The van der Waals surface area contributed by atoms with Gasteiger partial charge in [0.25, 0.3) is 5.91 Å². The summed E-state index contributed by atoms with van der Waals surface area (Å²) in [6.07, 6.45) is 0. The van der Waals surface area contributed by atoms with E-state index in [4.69, 9.17) is 21.1 Å². The van der Waals surface area contributed by atoms with Crippen LogP contribution in [0.15, 0.2) is 16.5 Å². The standard InChI is InChI=1S/C9H9ClN2O5/c10-6-2-1-5(17-6)9(16)12-3-7(13)11-4-8(14)15/h1-2H,3-4H2,(H,11,13)(H,12,16)(H,14,15). The summed E-state index contributed by atoms with van der Waals surface area (Å²) < 4.78 is 4.80. The lowest BCUT2D eigenvalue weighted by atomic mass is 10.4. The van der Waals surface area contributed by atoms with Crippen molar-refractivity contribution in [3.05, 3.63) is 23.1 Å². The molecule has 1 aromatic rings. The van der Waals surface area contributed by atoms with Gasteiger partial charge in [-0.3, -0.25) is 14.4 Å². The average Bonchev–Trinajstić information content (AvgIpc) is 2.70. The lowest BCUT2D eigenvalue weighted by Crippen LogP contribution is -2.38. The molecule has 8 heteroatoms. The Bertz CT molecular complexity index is 442. The Labute approximate surface area is 101 Å². The minimum atomic E-state index is -1.16. The largest absolute Gasteiger partial charge is 0.480 e. The minimum Gasteiger partial charge on any atom is -0.480 e. The molecule has 0 aromatic carbocycles. The number of carbonyl (C=O) groups excluding carboxylic acids is 2. The average molecular weight is 261 g/mol. The highest BCUT2D eigenvalue weighted by Crippen LogP contribution is 2.12. The van der Waals surface area contributed by atoms with Gasteiger partial charge in [0.15, 0.2) is 11.0 Å². The predicted molar refractivity (Wildman–Crippen MR) is 56.7 cm³/mol. The van der Waals surface area contributed by atoms with Crippen LogP contribution in [-0.2, 0) is 9.59 Å². The maximum absolute atomic E-state index is 11.3. The number of furan rings is 1. The molecular formula is C9H9ClN2O5. The Balaban J connectivity index is 2.33. The normalized spacial score (nSPS) is 9.71. The smallest absolute Gasteiger partial charge is 0.322 e. The number of halogens is 1. The molecule has 1 heterocycles. The fourth-order valence-electron chi connectivity index (χ4n) is 0.921. The SMILES string of the molecule is O=C(O)CNC(=O)CNC(=O)c1ccc(Cl)o1. The zero-order valence-corrected chi connectivity index (χ0v) is 9.28. The topological polar surface area (TPSA) is 109 Å². The van der Waals surface area contributed by atoms with Crippen molar-refractivity contribution >= 4 is 29.4 Å². The molecule has 0 atom stereocenters.